The number of aryl methyl sites for hydroxylation is 1. The molecule has 2 N–H and O–H groups in total. The lowest BCUT2D eigenvalue weighted by Crippen LogP contribution is -2.46. The van der Waals surface area contributed by atoms with Gasteiger partial charge in [-0.15, -0.1) is 5.10 Å². The summed E-state index contributed by atoms with van der Waals surface area (Å²) >= 11 is 0. The van der Waals surface area contributed by atoms with Crippen molar-refractivity contribution in [1.82, 2.24) is 14.6 Å². The molecule has 1 aliphatic rings. The van der Waals surface area contributed by atoms with Gasteiger partial charge in [-0.25, -0.2) is 4.52 Å². The number of piperidine rings is 1. The highest BCUT2D eigenvalue weighted by atomic mass is 15.4. The van der Waals surface area contributed by atoms with Crippen molar-refractivity contribution >= 4 is 11.6 Å². The van der Waals surface area contributed by atoms with E-state index in [0.717, 1.165) is 36.8 Å². The van der Waals surface area contributed by atoms with Gasteiger partial charge in [0.1, 0.15) is 0 Å². The van der Waals surface area contributed by atoms with Gasteiger partial charge in [0.15, 0.2) is 5.65 Å². The number of hydrogen-bond acceptors (Lipinski definition) is 4. The SMILES string of the molecule is Cc1cccc2nc(N3CCC(N)C(C)C3)nn12. The largest absolute Gasteiger partial charge is 0.339 e. The Morgan fingerprint density at radius 2 is 2.22 bits per heavy atom. The number of hydrogen-bond donors (Lipinski definition) is 1. The van der Waals surface area contributed by atoms with Crippen molar-refractivity contribution in [3.8, 4) is 0 Å². The Morgan fingerprint density at radius 3 is 2.94 bits per heavy atom. The zero-order valence-electron chi connectivity index (χ0n) is 10.9. The molecule has 0 saturated carbocycles. The van der Waals surface area contributed by atoms with E-state index in [1.165, 1.54) is 0 Å². The lowest BCUT2D eigenvalue weighted by Gasteiger charge is -2.34. The van der Waals surface area contributed by atoms with Crippen LogP contribution in [0.15, 0.2) is 18.2 Å². The Morgan fingerprint density at radius 1 is 1.39 bits per heavy atom. The Kier molecular flexibility index (Phi) is 2.70. The fraction of sp³-hybridized carbons (Fsp3) is 0.538. The molecule has 18 heavy (non-hydrogen) atoms. The zero-order chi connectivity index (χ0) is 12.7. The minimum absolute atomic E-state index is 0.306. The molecule has 0 amide bonds. The first-order chi connectivity index (χ1) is 8.65. The third-order valence-electron chi connectivity index (χ3n) is 3.79. The van der Waals surface area contributed by atoms with Gasteiger partial charge < -0.3 is 10.6 Å². The zero-order valence-corrected chi connectivity index (χ0v) is 10.9. The average Bonchev–Trinajstić information content (AvgIpc) is 2.78. The van der Waals surface area contributed by atoms with Crippen LogP contribution in [-0.4, -0.2) is 33.7 Å². The molecular formula is C13H19N5. The van der Waals surface area contributed by atoms with Crippen LogP contribution in [0.25, 0.3) is 5.65 Å². The van der Waals surface area contributed by atoms with Gasteiger partial charge in [-0.1, -0.05) is 13.0 Å². The van der Waals surface area contributed by atoms with Crippen LogP contribution in [0.2, 0.25) is 0 Å². The van der Waals surface area contributed by atoms with Crippen LogP contribution in [0.3, 0.4) is 0 Å². The maximum atomic E-state index is 6.05. The second-order valence-corrected chi connectivity index (χ2v) is 5.22. The summed E-state index contributed by atoms with van der Waals surface area (Å²) in [6, 6.07) is 6.35. The van der Waals surface area contributed by atoms with E-state index in [0.29, 0.717) is 12.0 Å². The molecule has 2 aromatic heterocycles. The predicted octanol–water partition coefficient (Wildman–Crippen LogP) is 1.21. The topological polar surface area (TPSA) is 59.5 Å². The molecule has 1 aliphatic heterocycles. The second-order valence-electron chi connectivity index (χ2n) is 5.22. The molecule has 1 fully saturated rings. The normalized spacial score (nSPS) is 24.7. The maximum Gasteiger partial charge on any atom is 0.245 e. The smallest absolute Gasteiger partial charge is 0.245 e. The Bertz CT molecular complexity index is 562. The molecule has 2 unspecified atom stereocenters. The van der Waals surface area contributed by atoms with Crippen LogP contribution < -0.4 is 10.6 Å². The molecule has 1 saturated heterocycles. The third kappa shape index (κ3) is 1.84. The van der Waals surface area contributed by atoms with Crippen molar-refractivity contribution in [3.05, 3.63) is 23.9 Å². The molecule has 0 aromatic carbocycles. The highest BCUT2D eigenvalue weighted by Gasteiger charge is 2.25. The van der Waals surface area contributed by atoms with Crippen LogP contribution in [0.5, 0.6) is 0 Å². The van der Waals surface area contributed by atoms with Crippen molar-refractivity contribution in [2.24, 2.45) is 11.7 Å². The Hall–Kier alpha value is -1.62. The van der Waals surface area contributed by atoms with Crippen molar-refractivity contribution in [1.29, 1.82) is 0 Å². The lowest BCUT2D eigenvalue weighted by molar-refractivity contribution is 0.380. The van der Waals surface area contributed by atoms with Gasteiger partial charge in [0.05, 0.1) is 0 Å². The molecule has 0 spiro atoms. The minimum Gasteiger partial charge on any atom is -0.339 e. The van der Waals surface area contributed by atoms with Crippen molar-refractivity contribution in [2.45, 2.75) is 26.3 Å². The van der Waals surface area contributed by atoms with Crippen LogP contribution in [0.4, 0.5) is 5.95 Å². The standard InChI is InChI=1S/C13H19N5/c1-9-8-17(7-6-11(9)14)13-15-12-5-3-4-10(2)18(12)16-13/h3-5,9,11H,6-8,14H2,1-2H3. The molecule has 96 valence electrons. The minimum atomic E-state index is 0.306. The predicted molar refractivity (Wildman–Crippen MR) is 71.7 cm³/mol. The van der Waals surface area contributed by atoms with Crippen molar-refractivity contribution < 1.29 is 0 Å². The second kappa shape index (κ2) is 4.24. The quantitative estimate of drug-likeness (QED) is 0.820. The van der Waals surface area contributed by atoms with E-state index < -0.39 is 0 Å². The third-order valence-corrected chi connectivity index (χ3v) is 3.79. The van der Waals surface area contributed by atoms with E-state index in [1.807, 2.05) is 29.6 Å². The molecule has 3 heterocycles. The molecule has 5 heteroatoms. The number of fused-ring (bicyclic) bond motifs is 1. The molecule has 0 aliphatic carbocycles. The lowest BCUT2D eigenvalue weighted by atomic mass is 9.95. The first kappa shape index (κ1) is 11.5. The number of nitrogens with zero attached hydrogens (tertiary/aromatic N) is 4. The summed E-state index contributed by atoms with van der Waals surface area (Å²) in [5.74, 6) is 1.31. The highest BCUT2D eigenvalue weighted by Crippen LogP contribution is 2.20. The number of anilines is 1. The van der Waals surface area contributed by atoms with Crippen molar-refractivity contribution in [2.75, 3.05) is 18.0 Å². The van der Waals surface area contributed by atoms with Crippen LogP contribution in [0, 0.1) is 12.8 Å². The monoisotopic (exact) mass is 245 g/mol. The number of aromatic nitrogens is 3. The van der Waals surface area contributed by atoms with E-state index in [-0.39, 0.29) is 0 Å². The summed E-state index contributed by atoms with van der Waals surface area (Å²) in [4.78, 5) is 6.83. The van der Waals surface area contributed by atoms with E-state index in [1.54, 1.807) is 0 Å². The maximum absolute atomic E-state index is 6.05. The fourth-order valence-electron chi connectivity index (χ4n) is 2.50. The first-order valence-electron chi connectivity index (χ1n) is 6.48. The average molecular weight is 245 g/mol. The van der Waals surface area contributed by atoms with E-state index in [4.69, 9.17) is 5.73 Å². The molecule has 2 aromatic rings. The molecule has 0 bridgehead atoms. The Balaban J connectivity index is 1.93. The van der Waals surface area contributed by atoms with Crippen LogP contribution >= 0.6 is 0 Å². The fourth-order valence-corrected chi connectivity index (χ4v) is 2.50. The van der Waals surface area contributed by atoms with Gasteiger partial charge >= 0.3 is 0 Å². The summed E-state index contributed by atoms with van der Waals surface area (Å²) in [6.07, 6.45) is 1.01. The van der Waals surface area contributed by atoms with Gasteiger partial charge in [0.25, 0.3) is 0 Å². The highest BCUT2D eigenvalue weighted by molar-refractivity contribution is 5.46. The molecule has 5 nitrogen and oxygen atoms in total. The number of pyridine rings is 1. The summed E-state index contributed by atoms with van der Waals surface area (Å²) in [5.41, 5.74) is 8.06. The van der Waals surface area contributed by atoms with Gasteiger partial charge in [-0.3, -0.25) is 0 Å². The molecule has 2 atom stereocenters. The van der Waals surface area contributed by atoms with Gasteiger partial charge in [0.2, 0.25) is 5.95 Å². The van der Waals surface area contributed by atoms with Gasteiger partial charge in [-0.05, 0) is 31.4 Å². The molecular weight excluding hydrogens is 226 g/mol. The van der Waals surface area contributed by atoms with Gasteiger partial charge in [-0.2, -0.15) is 4.98 Å². The molecule has 0 radical (unpaired) electrons. The Labute approximate surface area is 107 Å². The first-order valence-corrected chi connectivity index (χ1v) is 6.48. The van der Waals surface area contributed by atoms with Crippen molar-refractivity contribution in [3.63, 3.8) is 0 Å². The number of nitrogens with two attached hydrogens (primary N) is 1. The van der Waals surface area contributed by atoms with Crippen LogP contribution in [-0.2, 0) is 0 Å². The summed E-state index contributed by atoms with van der Waals surface area (Å²) < 4.78 is 1.90. The van der Waals surface area contributed by atoms with E-state index >= 15 is 0 Å². The van der Waals surface area contributed by atoms with Gasteiger partial charge in [0, 0.05) is 24.8 Å². The van der Waals surface area contributed by atoms with E-state index in [2.05, 4.69) is 21.9 Å². The molecule has 3 rings (SSSR count). The van der Waals surface area contributed by atoms with Crippen LogP contribution in [0.1, 0.15) is 19.0 Å². The summed E-state index contributed by atoms with van der Waals surface area (Å²) in [5, 5.41) is 4.59. The summed E-state index contributed by atoms with van der Waals surface area (Å²) in [7, 11) is 0. The van der Waals surface area contributed by atoms with E-state index in [9.17, 15) is 0 Å². The summed E-state index contributed by atoms with van der Waals surface area (Å²) in [6.45, 7) is 6.12. The number of rotatable bonds is 1.